The van der Waals surface area contributed by atoms with Crippen LogP contribution in [0.1, 0.15) is 35.7 Å². The van der Waals surface area contributed by atoms with Crippen molar-refractivity contribution in [1.82, 2.24) is 5.43 Å². The minimum Gasteiger partial charge on any atom is -0.494 e. The van der Waals surface area contributed by atoms with Gasteiger partial charge < -0.3 is 14.2 Å². The number of amides is 1. The van der Waals surface area contributed by atoms with E-state index in [1.165, 1.54) is 6.21 Å². The van der Waals surface area contributed by atoms with Crippen LogP contribution in [-0.2, 0) is 4.79 Å². The van der Waals surface area contributed by atoms with Gasteiger partial charge in [0.25, 0.3) is 5.91 Å². The molecule has 0 unspecified atom stereocenters. The molecule has 0 aliphatic carbocycles. The Morgan fingerprint density at radius 1 is 0.895 bits per heavy atom. The smallest absolute Gasteiger partial charge is 0.343 e. The Hall–Kier alpha value is -4.36. The lowest BCUT2D eigenvalue weighted by Crippen LogP contribution is -2.24. The maximum absolute atomic E-state index is 12.7. The highest BCUT2D eigenvalue weighted by Crippen LogP contribution is 2.27. The van der Waals surface area contributed by atoms with Crippen LogP contribution in [0.3, 0.4) is 0 Å². The zero-order chi connectivity index (χ0) is 26.7. The van der Waals surface area contributed by atoms with E-state index >= 15 is 0 Å². The van der Waals surface area contributed by atoms with Gasteiger partial charge in [-0.15, -0.1) is 0 Å². The molecule has 0 spiro atoms. The fourth-order valence-corrected chi connectivity index (χ4v) is 3.68. The largest absolute Gasteiger partial charge is 0.494 e. The van der Waals surface area contributed by atoms with Gasteiger partial charge in [-0.3, -0.25) is 4.79 Å². The third-order valence-electron chi connectivity index (χ3n) is 5.56. The van der Waals surface area contributed by atoms with Crippen molar-refractivity contribution in [2.45, 2.75) is 19.8 Å². The Bertz CT molecular complexity index is 1420. The van der Waals surface area contributed by atoms with Crippen LogP contribution in [0.25, 0.3) is 10.8 Å². The number of benzene rings is 4. The number of ether oxygens (including phenoxy) is 3. The molecule has 0 fully saturated rings. The molecule has 0 aliphatic rings. The number of carbonyl (C=O) groups excluding carboxylic acids is 2. The topological polar surface area (TPSA) is 86.2 Å². The Balaban J connectivity index is 1.40. The van der Waals surface area contributed by atoms with Crippen molar-refractivity contribution >= 4 is 40.5 Å². The highest BCUT2D eigenvalue weighted by molar-refractivity contribution is 6.30. The van der Waals surface area contributed by atoms with Gasteiger partial charge in [-0.25, -0.2) is 10.2 Å². The zero-order valence-corrected chi connectivity index (χ0v) is 21.6. The van der Waals surface area contributed by atoms with Gasteiger partial charge in [-0.1, -0.05) is 55.3 Å². The van der Waals surface area contributed by atoms with Gasteiger partial charge >= 0.3 is 5.97 Å². The molecule has 0 saturated heterocycles. The first-order valence-electron chi connectivity index (χ1n) is 12.2. The van der Waals surface area contributed by atoms with E-state index in [-0.39, 0.29) is 6.61 Å². The molecule has 0 radical (unpaired) electrons. The van der Waals surface area contributed by atoms with E-state index in [0.717, 1.165) is 29.4 Å². The average Bonchev–Trinajstić information content (AvgIpc) is 2.94. The van der Waals surface area contributed by atoms with Crippen LogP contribution < -0.4 is 19.6 Å². The first-order chi connectivity index (χ1) is 18.5. The summed E-state index contributed by atoms with van der Waals surface area (Å²) in [7, 11) is 0. The number of hydrogen-bond donors (Lipinski definition) is 1. The normalized spacial score (nSPS) is 10.9. The number of nitrogens with one attached hydrogen (secondary N) is 1. The van der Waals surface area contributed by atoms with Gasteiger partial charge in [0.15, 0.2) is 6.61 Å². The maximum Gasteiger partial charge on any atom is 0.343 e. The van der Waals surface area contributed by atoms with Gasteiger partial charge in [-0.05, 0) is 71.8 Å². The summed E-state index contributed by atoms with van der Waals surface area (Å²) < 4.78 is 16.8. The number of carbonyl (C=O) groups is 2. The van der Waals surface area contributed by atoms with Crippen LogP contribution in [0.5, 0.6) is 17.2 Å². The summed E-state index contributed by atoms with van der Waals surface area (Å²) in [5.74, 6) is 0.620. The number of rotatable bonds is 11. The number of hydrazone groups is 1. The van der Waals surface area contributed by atoms with Crippen LogP contribution in [0.4, 0.5) is 0 Å². The van der Waals surface area contributed by atoms with Gasteiger partial charge in [-0.2, -0.15) is 5.10 Å². The molecule has 4 aromatic carbocycles. The molecule has 4 aromatic rings. The molecule has 194 valence electrons. The second-order valence-electron chi connectivity index (χ2n) is 8.35. The van der Waals surface area contributed by atoms with Crippen LogP contribution in [0.2, 0.25) is 5.02 Å². The summed E-state index contributed by atoms with van der Waals surface area (Å²) in [6.45, 7) is 2.55. The Morgan fingerprint density at radius 3 is 2.34 bits per heavy atom. The highest BCUT2D eigenvalue weighted by Gasteiger charge is 2.14. The van der Waals surface area contributed by atoms with Crippen molar-refractivity contribution in [1.29, 1.82) is 0 Å². The standard InChI is InChI=1S/C30H27ClN2O5/c1-2-3-18-36-24-13-15-25(16-14-24)37-20-29(34)33-32-19-27-26-7-5-4-6-21(26)10-17-28(27)38-30(35)22-8-11-23(31)12-9-22/h4-17,19H,2-3,18,20H2,1H3,(H,33,34)/b32-19+. The number of fused-ring (bicyclic) bond motifs is 1. The molecule has 1 amide bonds. The fraction of sp³-hybridized carbons (Fsp3) is 0.167. The van der Waals surface area contributed by atoms with Crippen molar-refractivity contribution in [2.24, 2.45) is 5.10 Å². The lowest BCUT2D eigenvalue weighted by molar-refractivity contribution is -0.123. The van der Waals surface area contributed by atoms with E-state index in [0.29, 0.717) is 34.3 Å². The van der Waals surface area contributed by atoms with Crippen LogP contribution >= 0.6 is 11.6 Å². The predicted octanol–water partition coefficient (Wildman–Crippen LogP) is 6.42. The molecule has 4 rings (SSSR count). The van der Waals surface area contributed by atoms with Crippen molar-refractivity contribution in [3.8, 4) is 17.2 Å². The molecule has 0 heterocycles. The third kappa shape index (κ3) is 7.33. The average molecular weight is 531 g/mol. The van der Waals surface area contributed by atoms with Gasteiger partial charge in [0.1, 0.15) is 17.2 Å². The summed E-state index contributed by atoms with van der Waals surface area (Å²) >= 11 is 5.92. The molecule has 38 heavy (non-hydrogen) atoms. The van der Waals surface area contributed by atoms with E-state index in [9.17, 15) is 9.59 Å². The molecule has 8 heteroatoms. The van der Waals surface area contributed by atoms with E-state index in [2.05, 4.69) is 17.5 Å². The van der Waals surface area contributed by atoms with Crippen LogP contribution in [0.15, 0.2) is 90.0 Å². The monoisotopic (exact) mass is 530 g/mol. The second kappa shape index (κ2) is 13.3. The Kier molecular flexibility index (Phi) is 9.32. The lowest BCUT2D eigenvalue weighted by atomic mass is 10.0. The second-order valence-corrected chi connectivity index (χ2v) is 8.79. The van der Waals surface area contributed by atoms with E-state index in [1.54, 1.807) is 54.6 Å². The molecular formula is C30H27ClN2O5. The first kappa shape index (κ1) is 26.7. The zero-order valence-electron chi connectivity index (χ0n) is 20.9. The number of nitrogens with zero attached hydrogens (tertiary/aromatic N) is 1. The van der Waals surface area contributed by atoms with Crippen molar-refractivity contribution < 1.29 is 23.8 Å². The summed E-state index contributed by atoms with van der Waals surface area (Å²) in [6, 6.07) is 24.7. The number of unbranched alkanes of at least 4 members (excludes halogenated alkanes) is 1. The summed E-state index contributed by atoms with van der Waals surface area (Å²) in [5.41, 5.74) is 3.36. The van der Waals surface area contributed by atoms with Crippen LogP contribution in [0, 0.1) is 0 Å². The number of hydrogen-bond acceptors (Lipinski definition) is 6. The quantitative estimate of drug-likeness (QED) is 0.0794. The summed E-state index contributed by atoms with van der Waals surface area (Å²) in [6.07, 6.45) is 3.51. The van der Waals surface area contributed by atoms with E-state index in [1.807, 2.05) is 30.3 Å². The van der Waals surface area contributed by atoms with Crippen LogP contribution in [-0.4, -0.2) is 31.3 Å². The molecule has 0 aliphatic heterocycles. The predicted molar refractivity (Wildman–Crippen MR) is 148 cm³/mol. The molecule has 7 nitrogen and oxygen atoms in total. The molecular weight excluding hydrogens is 504 g/mol. The Labute approximate surface area is 226 Å². The number of esters is 1. The number of halogens is 1. The van der Waals surface area contributed by atoms with Gasteiger partial charge in [0.05, 0.1) is 18.4 Å². The van der Waals surface area contributed by atoms with Gasteiger partial charge in [0.2, 0.25) is 0 Å². The fourth-order valence-electron chi connectivity index (χ4n) is 3.56. The minimum absolute atomic E-state index is 0.221. The minimum atomic E-state index is -0.536. The van der Waals surface area contributed by atoms with Crippen molar-refractivity contribution in [3.05, 3.63) is 101 Å². The highest BCUT2D eigenvalue weighted by atomic mass is 35.5. The molecule has 1 N–H and O–H groups in total. The summed E-state index contributed by atoms with van der Waals surface area (Å²) in [4.78, 5) is 25.0. The van der Waals surface area contributed by atoms with Gasteiger partial charge in [0, 0.05) is 10.6 Å². The first-order valence-corrected chi connectivity index (χ1v) is 12.6. The van der Waals surface area contributed by atoms with E-state index < -0.39 is 11.9 Å². The van der Waals surface area contributed by atoms with Crippen molar-refractivity contribution in [3.63, 3.8) is 0 Å². The molecule has 0 saturated carbocycles. The molecule has 0 atom stereocenters. The SMILES string of the molecule is CCCCOc1ccc(OCC(=O)N/N=C/c2c(OC(=O)c3ccc(Cl)cc3)ccc3ccccc23)cc1. The molecule has 0 bridgehead atoms. The maximum atomic E-state index is 12.7. The Morgan fingerprint density at radius 2 is 1.61 bits per heavy atom. The van der Waals surface area contributed by atoms with E-state index in [4.69, 9.17) is 25.8 Å². The van der Waals surface area contributed by atoms with Crippen molar-refractivity contribution in [2.75, 3.05) is 13.2 Å². The summed E-state index contributed by atoms with van der Waals surface area (Å²) in [5, 5.41) is 6.34. The third-order valence-corrected chi connectivity index (χ3v) is 5.81. The lowest BCUT2D eigenvalue weighted by Gasteiger charge is -2.11. The molecule has 0 aromatic heterocycles.